The van der Waals surface area contributed by atoms with Crippen LogP contribution in [-0.2, 0) is 6.42 Å². The zero-order chi connectivity index (χ0) is 13.2. The van der Waals surface area contributed by atoms with E-state index in [2.05, 4.69) is 50.4 Å². The molecule has 0 aliphatic carbocycles. The van der Waals surface area contributed by atoms with E-state index in [1.54, 1.807) is 0 Å². The highest BCUT2D eigenvalue weighted by Gasteiger charge is 2.07. The lowest BCUT2D eigenvalue weighted by atomic mass is 9.99. The Labute approximate surface area is 113 Å². The number of hydrogen-bond acceptors (Lipinski definition) is 1. The highest BCUT2D eigenvalue weighted by atomic mass is 14.9. The van der Waals surface area contributed by atoms with E-state index in [1.165, 1.54) is 49.7 Å². The number of nitrogens with one attached hydrogen (secondary N) is 1. The van der Waals surface area contributed by atoms with Crippen molar-refractivity contribution in [1.82, 2.24) is 5.32 Å². The lowest BCUT2D eigenvalue weighted by Gasteiger charge is -2.17. The summed E-state index contributed by atoms with van der Waals surface area (Å²) >= 11 is 0. The van der Waals surface area contributed by atoms with Crippen LogP contribution in [0.1, 0.15) is 57.1 Å². The first-order chi connectivity index (χ1) is 8.76. The van der Waals surface area contributed by atoms with Crippen molar-refractivity contribution < 1.29 is 0 Å². The van der Waals surface area contributed by atoms with Gasteiger partial charge in [0.25, 0.3) is 0 Å². The lowest BCUT2D eigenvalue weighted by Crippen LogP contribution is -2.29. The van der Waals surface area contributed by atoms with Gasteiger partial charge in [-0.25, -0.2) is 0 Å². The fraction of sp³-hybridized carbons (Fsp3) is 0.647. The molecule has 1 heteroatoms. The fourth-order valence-electron chi connectivity index (χ4n) is 2.49. The van der Waals surface area contributed by atoms with Crippen LogP contribution >= 0.6 is 0 Å². The molecule has 0 spiro atoms. The van der Waals surface area contributed by atoms with Gasteiger partial charge < -0.3 is 5.32 Å². The zero-order valence-electron chi connectivity index (χ0n) is 12.3. The third-order valence-corrected chi connectivity index (χ3v) is 3.51. The average Bonchev–Trinajstić information content (AvgIpc) is 2.36. The molecule has 0 amide bonds. The van der Waals surface area contributed by atoms with E-state index in [-0.39, 0.29) is 0 Å². The summed E-state index contributed by atoms with van der Waals surface area (Å²) in [5, 5.41) is 3.63. The Bertz CT molecular complexity index is 319. The summed E-state index contributed by atoms with van der Waals surface area (Å²) in [5.74, 6) is 0. The molecule has 0 saturated heterocycles. The van der Waals surface area contributed by atoms with Crippen LogP contribution in [0.4, 0.5) is 0 Å². The second kappa shape index (κ2) is 9.16. The van der Waals surface area contributed by atoms with Crippen LogP contribution in [0.25, 0.3) is 0 Å². The summed E-state index contributed by atoms with van der Waals surface area (Å²) in [6.45, 7) is 7.74. The van der Waals surface area contributed by atoms with Crippen molar-refractivity contribution in [2.75, 3.05) is 6.54 Å². The first-order valence-electron chi connectivity index (χ1n) is 7.55. The van der Waals surface area contributed by atoms with E-state index in [0.29, 0.717) is 6.04 Å². The van der Waals surface area contributed by atoms with E-state index in [1.807, 2.05) is 0 Å². The maximum absolute atomic E-state index is 3.63. The molecule has 102 valence electrons. The molecule has 0 aromatic heterocycles. The molecular weight excluding hydrogens is 218 g/mol. The number of aryl methyl sites for hydroxylation is 2. The molecule has 18 heavy (non-hydrogen) atoms. The van der Waals surface area contributed by atoms with Crippen LogP contribution < -0.4 is 5.32 Å². The number of rotatable bonds is 9. The monoisotopic (exact) mass is 247 g/mol. The van der Waals surface area contributed by atoms with E-state index < -0.39 is 0 Å². The van der Waals surface area contributed by atoms with Gasteiger partial charge in [-0.15, -0.1) is 0 Å². The summed E-state index contributed by atoms with van der Waals surface area (Å²) < 4.78 is 0. The molecular formula is C17H29N. The molecule has 1 N–H and O–H groups in total. The molecule has 0 bridgehead atoms. The quantitative estimate of drug-likeness (QED) is 0.634. The van der Waals surface area contributed by atoms with Gasteiger partial charge in [-0.3, -0.25) is 0 Å². The van der Waals surface area contributed by atoms with Crippen molar-refractivity contribution in [3.05, 3.63) is 35.4 Å². The predicted molar refractivity (Wildman–Crippen MR) is 81.1 cm³/mol. The van der Waals surface area contributed by atoms with Gasteiger partial charge in [-0.05, 0) is 38.3 Å². The molecule has 0 fully saturated rings. The van der Waals surface area contributed by atoms with E-state index >= 15 is 0 Å². The van der Waals surface area contributed by atoms with Gasteiger partial charge >= 0.3 is 0 Å². The Hall–Kier alpha value is -0.820. The summed E-state index contributed by atoms with van der Waals surface area (Å²) in [5.41, 5.74) is 2.85. The minimum Gasteiger partial charge on any atom is -0.314 e. The molecule has 0 aliphatic rings. The minimum atomic E-state index is 0.696. The number of hydrogen-bond donors (Lipinski definition) is 1. The van der Waals surface area contributed by atoms with Gasteiger partial charge in [0, 0.05) is 6.04 Å². The molecule has 1 aromatic carbocycles. The summed E-state index contributed by atoms with van der Waals surface area (Å²) in [6, 6.07) is 9.61. The highest BCUT2D eigenvalue weighted by molar-refractivity contribution is 5.22. The van der Waals surface area contributed by atoms with E-state index in [4.69, 9.17) is 0 Å². The Morgan fingerprint density at radius 1 is 1.11 bits per heavy atom. The average molecular weight is 247 g/mol. The molecule has 1 aromatic rings. The van der Waals surface area contributed by atoms with Gasteiger partial charge in [0.1, 0.15) is 0 Å². The van der Waals surface area contributed by atoms with Crippen molar-refractivity contribution in [1.29, 1.82) is 0 Å². The summed E-state index contributed by atoms with van der Waals surface area (Å²) in [7, 11) is 0. The maximum Gasteiger partial charge on any atom is 0.00701 e. The smallest absolute Gasteiger partial charge is 0.00701 e. The number of unbranched alkanes of at least 4 members (excludes halogenated alkanes) is 2. The third-order valence-electron chi connectivity index (χ3n) is 3.51. The molecule has 0 saturated carbocycles. The maximum atomic E-state index is 3.63. The van der Waals surface area contributed by atoms with E-state index in [9.17, 15) is 0 Å². The van der Waals surface area contributed by atoms with Gasteiger partial charge in [0.15, 0.2) is 0 Å². The SMILES string of the molecule is CCCCCC(CCc1cccc(C)c1)NCC. The second-order valence-corrected chi connectivity index (χ2v) is 5.28. The van der Waals surface area contributed by atoms with Crippen LogP contribution in [0.2, 0.25) is 0 Å². The molecule has 1 atom stereocenters. The Morgan fingerprint density at radius 3 is 2.61 bits per heavy atom. The van der Waals surface area contributed by atoms with E-state index in [0.717, 1.165) is 6.54 Å². The highest BCUT2D eigenvalue weighted by Crippen LogP contribution is 2.12. The third kappa shape index (κ3) is 6.20. The molecule has 1 nitrogen and oxygen atoms in total. The van der Waals surface area contributed by atoms with Gasteiger partial charge in [0.2, 0.25) is 0 Å². The Balaban J connectivity index is 2.36. The van der Waals surface area contributed by atoms with Crippen LogP contribution in [0.3, 0.4) is 0 Å². The molecule has 1 unspecified atom stereocenters. The lowest BCUT2D eigenvalue weighted by molar-refractivity contribution is 0.444. The van der Waals surface area contributed by atoms with Crippen LogP contribution in [0, 0.1) is 6.92 Å². The Kier molecular flexibility index (Phi) is 7.75. The van der Waals surface area contributed by atoms with Crippen molar-refractivity contribution in [2.45, 2.75) is 65.3 Å². The first-order valence-corrected chi connectivity index (χ1v) is 7.55. The van der Waals surface area contributed by atoms with Crippen molar-refractivity contribution in [3.8, 4) is 0 Å². The first kappa shape index (κ1) is 15.2. The molecule has 1 rings (SSSR count). The number of benzene rings is 1. The fourth-order valence-corrected chi connectivity index (χ4v) is 2.49. The van der Waals surface area contributed by atoms with Gasteiger partial charge in [-0.2, -0.15) is 0 Å². The van der Waals surface area contributed by atoms with Gasteiger partial charge in [0.05, 0.1) is 0 Å². The van der Waals surface area contributed by atoms with Crippen molar-refractivity contribution >= 4 is 0 Å². The second-order valence-electron chi connectivity index (χ2n) is 5.28. The predicted octanol–water partition coefficient (Wildman–Crippen LogP) is 4.49. The zero-order valence-corrected chi connectivity index (χ0v) is 12.3. The molecule has 0 radical (unpaired) electrons. The topological polar surface area (TPSA) is 12.0 Å². The van der Waals surface area contributed by atoms with Crippen molar-refractivity contribution in [3.63, 3.8) is 0 Å². The van der Waals surface area contributed by atoms with Crippen LogP contribution in [0.15, 0.2) is 24.3 Å². The van der Waals surface area contributed by atoms with Crippen LogP contribution in [0.5, 0.6) is 0 Å². The standard InChI is InChI=1S/C17H29N/c1-4-6-7-11-17(18-5-2)13-12-16-10-8-9-15(3)14-16/h8-10,14,17-18H,4-7,11-13H2,1-3H3. The molecule has 0 heterocycles. The summed E-state index contributed by atoms with van der Waals surface area (Å²) in [6.07, 6.45) is 7.84. The van der Waals surface area contributed by atoms with Crippen LogP contribution in [-0.4, -0.2) is 12.6 Å². The minimum absolute atomic E-state index is 0.696. The largest absolute Gasteiger partial charge is 0.314 e. The normalized spacial score (nSPS) is 12.6. The Morgan fingerprint density at radius 2 is 1.94 bits per heavy atom. The molecule has 0 aliphatic heterocycles. The van der Waals surface area contributed by atoms with Crippen molar-refractivity contribution in [2.24, 2.45) is 0 Å². The van der Waals surface area contributed by atoms with Gasteiger partial charge in [-0.1, -0.05) is 62.9 Å². The summed E-state index contributed by atoms with van der Waals surface area (Å²) in [4.78, 5) is 0.